The third kappa shape index (κ3) is 5.38. The fraction of sp³-hybridized carbons (Fsp3) is 0.588. The van der Waals surface area contributed by atoms with Gasteiger partial charge in [0.05, 0.1) is 19.3 Å². The number of rotatable bonds is 3. The van der Waals surface area contributed by atoms with Crippen LogP contribution in [0.3, 0.4) is 0 Å². The number of carbonyl (C=O) groups is 1. The molecule has 0 spiro atoms. The van der Waals surface area contributed by atoms with Crippen molar-refractivity contribution < 1.29 is 14.3 Å². The van der Waals surface area contributed by atoms with E-state index in [1.165, 1.54) is 0 Å². The molecule has 0 radical (unpaired) electrons. The number of nitrogens with zero attached hydrogens (tertiary/aromatic N) is 1. The third-order valence-electron chi connectivity index (χ3n) is 3.36. The summed E-state index contributed by atoms with van der Waals surface area (Å²) in [7, 11) is 0. The van der Waals surface area contributed by atoms with E-state index in [1.54, 1.807) is 4.90 Å². The van der Waals surface area contributed by atoms with Gasteiger partial charge in [-0.15, -0.1) is 0 Å². The summed E-state index contributed by atoms with van der Waals surface area (Å²) in [5.41, 5.74) is 0.710. The molecule has 1 unspecified atom stereocenters. The standard InChI is InChI=1S/C17H25NO3/c1-17(2,3)21-16(19)18-11-7-10-15(12-18)20-13-14-8-5-4-6-9-14/h4-6,8-9,15H,7,10-13H2,1-3H3. The first-order chi connectivity index (χ1) is 9.94. The second-order valence-electron chi connectivity index (χ2n) is 6.49. The topological polar surface area (TPSA) is 38.8 Å². The van der Waals surface area contributed by atoms with Crippen molar-refractivity contribution >= 4 is 6.09 Å². The zero-order chi connectivity index (χ0) is 15.3. The van der Waals surface area contributed by atoms with E-state index in [9.17, 15) is 4.79 Å². The van der Waals surface area contributed by atoms with Gasteiger partial charge in [-0.1, -0.05) is 30.3 Å². The molecule has 1 aliphatic heterocycles. The van der Waals surface area contributed by atoms with Crippen molar-refractivity contribution in [3.05, 3.63) is 35.9 Å². The van der Waals surface area contributed by atoms with Gasteiger partial charge < -0.3 is 14.4 Å². The van der Waals surface area contributed by atoms with Crippen molar-refractivity contribution in [3.8, 4) is 0 Å². The summed E-state index contributed by atoms with van der Waals surface area (Å²) < 4.78 is 11.3. The Balaban J connectivity index is 1.82. The number of piperidine rings is 1. The van der Waals surface area contributed by atoms with Crippen molar-refractivity contribution in [2.75, 3.05) is 13.1 Å². The fourth-order valence-corrected chi connectivity index (χ4v) is 2.35. The van der Waals surface area contributed by atoms with Crippen LogP contribution in [-0.2, 0) is 16.1 Å². The molecule has 0 aliphatic carbocycles. The molecule has 1 aromatic carbocycles. The Labute approximate surface area is 127 Å². The van der Waals surface area contributed by atoms with Gasteiger partial charge in [0.2, 0.25) is 0 Å². The van der Waals surface area contributed by atoms with Gasteiger partial charge in [-0.25, -0.2) is 4.79 Å². The number of carbonyl (C=O) groups excluding carboxylic acids is 1. The maximum absolute atomic E-state index is 12.1. The van der Waals surface area contributed by atoms with E-state index in [1.807, 2.05) is 39.0 Å². The predicted octanol–water partition coefficient (Wildman–Crippen LogP) is 3.60. The van der Waals surface area contributed by atoms with E-state index in [0.29, 0.717) is 13.2 Å². The number of likely N-dealkylation sites (tertiary alicyclic amines) is 1. The normalized spacial score (nSPS) is 19.4. The van der Waals surface area contributed by atoms with Gasteiger partial charge in [0.25, 0.3) is 0 Å². The Hall–Kier alpha value is -1.55. The van der Waals surface area contributed by atoms with Crippen LogP contribution in [0.15, 0.2) is 30.3 Å². The number of ether oxygens (including phenoxy) is 2. The Bertz CT molecular complexity index is 453. The van der Waals surface area contributed by atoms with Crippen LogP contribution >= 0.6 is 0 Å². The monoisotopic (exact) mass is 291 g/mol. The molecular formula is C17H25NO3. The summed E-state index contributed by atoms with van der Waals surface area (Å²) in [6.07, 6.45) is 1.80. The largest absolute Gasteiger partial charge is 0.444 e. The summed E-state index contributed by atoms with van der Waals surface area (Å²) in [5.74, 6) is 0. The van der Waals surface area contributed by atoms with Crippen LogP contribution in [0.5, 0.6) is 0 Å². The van der Waals surface area contributed by atoms with Gasteiger partial charge in [-0.3, -0.25) is 0 Å². The lowest BCUT2D eigenvalue weighted by molar-refractivity contribution is -0.0258. The van der Waals surface area contributed by atoms with E-state index >= 15 is 0 Å². The van der Waals surface area contributed by atoms with Crippen molar-refractivity contribution in [1.29, 1.82) is 0 Å². The van der Waals surface area contributed by atoms with Gasteiger partial charge in [0.1, 0.15) is 5.60 Å². The Morgan fingerprint density at radius 1 is 1.29 bits per heavy atom. The second-order valence-corrected chi connectivity index (χ2v) is 6.49. The van der Waals surface area contributed by atoms with Gasteiger partial charge in [0, 0.05) is 6.54 Å². The number of amides is 1. The molecule has 0 saturated carbocycles. The van der Waals surface area contributed by atoms with Crippen LogP contribution in [0, 0.1) is 0 Å². The highest BCUT2D eigenvalue weighted by Gasteiger charge is 2.27. The van der Waals surface area contributed by atoms with Gasteiger partial charge in [0.15, 0.2) is 0 Å². The summed E-state index contributed by atoms with van der Waals surface area (Å²) >= 11 is 0. The highest BCUT2D eigenvalue weighted by atomic mass is 16.6. The van der Waals surface area contributed by atoms with Crippen LogP contribution < -0.4 is 0 Å². The zero-order valence-corrected chi connectivity index (χ0v) is 13.2. The second kappa shape index (κ2) is 6.94. The Morgan fingerprint density at radius 3 is 2.67 bits per heavy atom. The zero-order valence-electron chi connectivity index (χ0n) is 13.2. The van der Waals surface area contributed by atoms with Gasteiger partial charge >= 0.3 is 6.09 Å². The summed E-state index contributed by atoms with van der Waals surface area (Å²) in [5, 5.41) is 0. The van der Waals surface area contributed by atoms with E-state index in [4.69, 9.17) is 9.47 Å². The Kier molecular flexibility index (Phi) is 5.23. The minimum absolute atomic E-state index is 0.0893. The van der Waals surface area contributed by atoms with E-state index in [-0.39, 0.29) is 12.2 Å². The molecule has 0 N–H and O–H groups in total. The molecule has 21 heavy (non-hydrogen) atoms. The molecule has 1 saturated heterocycles. The molecule has 1 aliphatic rings. The third-order valence-corrected chi connectivity index (χ3v) is 3.36. The first kappa shape index (κ1) is 15.8. The van der Waals surface area contributed by atoms with Crippen LogP contribution in [-0.4, -0.2) is 35.8 Å². The molecule has 1 heterocycles. The molecular weight excluding hydrogens is 266 g/mol. The summed E-state index contributed by atoms with van der Waals surface area (Å²) in [6.45, 7) is 7.62. The first-order valence-corrected chi connectivity index (χ1v) is 7.57. The van der Waals surface area contributed by atoms with Crippen LogP contribution in [0.1, 0.15) is 39.2 Å². The van der Waals surface area contributed by atoms with Crippen LogP contribution in [0.2, 0.25) is 0 Å². The minimum atomic E-state index is -0.449. The lowest BCUT2D eigenvalue weighted by Crippen LogP contribution is -2.45. The molecule has 2 rings (SSSR count). The van der Waals surface area contributed by atoms with E-state index < -0.39 is 5.60 Å². The molecule has 116 valence electrons. The molecule has 0 bridgehead atoms. The first-order valence-electron chi connectivity index (χ1n) is 7.57. The molecule has 1 aromatic rings. The van der Waals surface area contributed by atoms with Crippen LogP contribution in [0.25, 0.3) is 0 Å². The smallest absolute Gasteiger partial charge is 0.410 e. The lowest BCUT2D eigenvalue weighted by Gasteiger charge is -2.34. The summed E-state index contributed by atoms with van der Waals surface area (Å²) in [6, 6.07) is 10.1. The molecule has 0 aromatic heterocycles. The average Bonchev–Trinajstić information content (AvgIpc) is 2.45. The van der Waals surface area contributed by atoms with Gasteiger partial charge in [-0.2, -0.15) is 0 Å². The predicted molar refractivity (Wildman–Crippen MR) is 82.1 cm³/mol. The van der Waals surface area contributed by atoms with Crippen molar-refractivity contribution in [1.82, 2.24) is 4.90 Å². The Morgan fingerprint density at radius 2 is 2.00 bits per heavy atom. The number of benzene rings is 1. The molecule has 1 amide bonds. The van der Waals surface area contributed by atoms with Crippen molar-refractivity contribution in [3.63, 3.8) is 0 Å². The van der Waals surface area contributed by atoms with Crippen molar-refractivity contribution in [2.24, 2.45) is 0 Å². The lowest BCUT2D eigenvalue weighted by atomic mass is 10.1. The molecule has 4 nitrogen and oxygen atoms in total. The van der Waals surface area contributed by atoms with E-state index in [2.05, 4.69) is 12.1 Å². The quantitative estimate of drug-likeness (QED) is 0.854. The SMILES string of the molecule is CC(C)(C)OC(=O)N1CCCC(OCc2ccccc2)C1. The number of hydrogen-bond acceptors (Lipinski definition) is 3. The molecule has 4 heteroatoms. The number of hydrogen-bond donors (Lipinski definition) is 0. The molecule has 1 atom stereocenters. The van der Waals surface area contributed by atoms with Crippen molar-refractivity contribution in [2.45, 2.75) is 51.9 Å². The maximum Gasteiger partial charge on any atom is 0.410 e. The highest BCUT2D eigenvalue weighted by Crippen LogP contribution is 2.18. The maximum atomic E-state index is 12.1. The van der Waals surface area contributed by atoms with Crippen LogP contribution in [0.4, 0.5) is 4.79 Å². The molecule has 1 fully saturated rings. The minimum Gasteiger partial charge on any atom is -0.444 e. The van der Waals surface area contributed by atoms with E-state index in [0.717, 1.165) is 24.9 Å². The van der Waals surface area contributed by atoms with Gasteiger partial charge in [-0.05, 0) is 39.2 Å². The fourth-order valence-electron chi connectivity index (χ4n) is 2.35. The highest BCUT2D eigenvalue weighted by molar-refractivity contribution is 5.68. The summed E-state index contributed by atoms with van der Waals surface area (Å²) in [4.78, 5) is 13.8. The average molecular weight is 291 g/mol.